The van der Waals surface area contributed by atoms with E-state index in [1.54, 1.807) is 4.90 Å². The molecule has 0 aliphatic carbocycles. The molecule has 26 heavy (non-hydrogen) atoms. The predicted octanol–water partition coefficient (Wildman–Crippen LogP) is 3.22. The van der Waals surface area contributed by atoms with E-state index in [1.807, 2.05) is 54.6 Å². The zero-order valence-corrected chi connectivity index (χ0v) is 15.3. The van der Waals surface area contributed by atoms with Gasteiger partial charge in [0.15, 0.2) is 6.61 Å². The summed E-state index contributed by atoms with van der Waals surface area (Å²) in [7, 11) is 1.34. The zero-order valence-electron chi connectivity index (χ0n) is 15.3. The van der Waals surface area contributed by atoms with Crippen molar-refractivity contribution in [1.82, 2.24) is 4.90 Å². The molecule has 0 saturated carbocycles. The van der Waals surface area contributed by atoms with Gasteiger partial charge < -0.3 is 14.4 Å². The molecule has 0 N–H and O–H groups in total. The van der Waals surface area contributed by atoms with Crippen LogP contribution in [-0.2, 0) is 27.3 Å². The summed E-state index contributed by atoms with van der Waals surface area (Å²) >= 11 is 0. The van der Waals surface area contributed by atoms with Crippen LogP contribution in [0.4, 0.5) is 0 Å². The molecule has 0 aliphatic rings. The number of hydrogen-bond donors (Lipinski definition) is 0. The lowest BCUT2D eigenvalue weighted by atomic mass is 10.2. The molecule has 2 aromatic carbocycles. The Bertz CT molecular complexity index is 698. The first-order valence-corrected chi connectivity index (χ1v) is 8.72. The van der Waals surface area contributed by atoms with Crippen LogP contribution in [0.1, 0.15) is 24.5 Å². The lowest BCUT2D eigenvalue weighted by molar-refractivity contribution is -0.142. The summed E-state index contributed by atoms with van der Waals surface area (Å²) in [5.74, 6) is 0.146. The maximum absolute atomic E-state index is 12.6. The van der Waals surface area contributed by atoms with Crippen molar-refractivity contribution in [1.29, 1.82) is 0 Å². The molecule has 138 valence electrons. The van der Waals surface area contributed by atoms with E-state index in [9.17, 15) is 9.59 Å². The fourth-order valence-corrected chi connectivity index (χ4v) is 2.48. The summed E-state index contributed by atoms with van der Waals surface area (Å²) in [4.78, 5) is 25.7. The fourth-order valence-electron chi connectivity index (χ4n) is 2.48. The highest BCUT2D eigenvalue weighted by atomic mass is 16.5. The second kappa shape index (κ2) is 10.2. The van der Waals surface area contributed by atoms with Gasteiger partial charge in [-0.2, -0.15) is 0 Å². The van der Waals surface area contributed by atoms with Gasteiger partial charge in [0.05, 0.1) is 13.5 Å². The van der Waals surface area contributed by atoms with Crippen LogP contribution < -0.4 is 4.74 Å². The quantitative estimate of drug-likeness (QED) is 0.648. The Hall–Kier alpha value is -2.82. The lowest BCUT2D eigenvalue weighted by Gasteiger charge is -2.22. The van der Waals surface area contributed by atoms with E-state index in [0.717, 1.165) is 12.0 Å². The van der Waals surface area contributed by atoms with Crippen LogP contribution in [0, 0.1) is 0 Å². The van der Waals surface area contributed by atoms with E-state index < -0.39 is 0 Å². The number of rotatable bonds is 9. The van der Waals surface area contributed by atoms with Crippen molar-refractivity contribution in [2.45, 2.75) is 26.3 Å². The summed E-state index contributed by atoms with van der Waals surface area (Å²) in [6.45, 7) is 2.73. The minimum Gasteiger partial charge on any atom is -0.484 e. The number of methoxy groups -OCH3 is 1. The largest absolute Gasteiger partial charge is 0.484 e. The predicted molar refractivity (Wildman–Crippen MR) is 99.8 cm³/mol. The first-order valence-electron chi connectivity index (χ1n) is 8.72. The van der Waals surface area contributed by atoms with Crippen molar-refractivity contribution in [2.75, 3.05) is 20.3 Å². The molecular formula is C21H25NO4. The monoisotopic (exact) mass is 355 g/mol. The average Bonchev–Trinajstić information content (AvgIpc) is 2.70. The minimum atomic E-state index is -0.341. The van der Waals surface area contributed by atoms with Gasteiger partial charge in [0.2, 0.25) is 0 Å². The molecule has 0 radical (unpaired) electrons. The molecule has 0 bridgehead atoms. The molecule has 0 unspecified atom stereocenters. The Morgan fingerprint density at radius 1 is 0.962 bits per heavy atom. The third kappa shape index (κ3) is 6.24. The van der Waals surface area contributed by atoms with E-state index in [1.165, 1.54) is 12.7 Å². The van der Waals surface area contributed by atoms with Crippen molar-refractivity contribution in [3.63, 3.8) is 0 Å². The molecule has 5 heteroatoms. The maximum atomic E-state index is 12.6. The zero-order chi connectivity index (χ0) is 18.8. The lowest BCUT2D eigenvalue weighted by Crippen LogP contribution is -2.36. The van der Waals surface area contributed by atoms with Gasteiger partial charge in [-0.15, -0.1) is 0 Å². The van der Waals surface area contributed by atoms with Crippen LogP contribution in [-0.4, -0.2) is 37.0 Å². The Morgan fingerprint density at radius 3 is 2.27 bits per heavy atom. The first kappa shape index (κ1) is 19.5. The molecule has 5 nitrogen and oxygen atoms in total. The molecule has 1 amide bonds. The summed E-state index contributed by atoms with van der Waals surface area (Å²) in [5.41, 5.74) is 2.21. The van der Waals surface area contributed by atoms with Crippen LogP contribution in [0.15, 0.2) is 54.6 Å². The van der Waals surface area contributed by atoms with Gasteiger partial charge in [0, 0.05) is 13.1 Å². The number of aryl methyl sites for hydroxylation is 1. The van der Waals surface area contributed by atoms with Crippen LogP contribution in [0.3, 0.4) is 0 Å². The van der Waals surface area contributed by atoms with Gasteiger partial charge in [-0.25, -0.2) is 0 Å². The van der Waals surface area contributed by atoms with Gasteiger partial charge in [-0.05, 0) is 29.7 Å². The highest BCUT2D eigenvalue weighted by molar-refractivity contribution is 5.78. The van der Waals surface area contributed by atoms with Gasteiger partial charge in [-0.3, -0.25) is 9.59 Å². The third-order valence-electron chi connectivity index (χ3n) is 4.08. The van der Waals surface area contributed by atoms with Gasteiger partial charge >= 0.3 is 5.97 Å². The molecule has 0 saturated heterocycles. The molecule has 0 aliphatic heterocycles. The molecule has 0 aromatic heterocycles. The highest BCUT2D eigenvalue weighted by Crippen LogP contribution is 2.13. The Balaban J connectivity index is 1.97. The number of benzene rings is 2. The smallest absolute Gasteiger partial charge is 0.307 e. The van der Waals surface area contributed by atoms with Gasteiger partial charge in [0.1, 0.15) is 5.75 Å². The van der Waals surface area contributed by atoms with Crippen LogP contribution in [0.2, 0.25) is 0 Å². The Kier molecular flexibility index (Phi) is 7.68. The molecule has 0 fully saturated rings. The molecule has 0 spiro atoms. The van der Waals surface area contributed by atoms with Gasteiger partial charge in [0.25, 0.3) is 5.91 Å². The standard InChI is InChI=1S/C21H25NO4/c1-3-17-9-11-19(12-10-17)26-16-20(23)22(14-13-21(24)25-2)15-18-7-5-4-6-8-18/h4-12H,3,13-16H2,1-2H3. The van der Waals surface area contributed by atoms with E-state index in [4.69, 9.17) is 4.74 Å². The SMILES string of the molecule is CCc1ccc(OCC(=O)N(CCC(=O)OC)Cc2ccccc2)cc1. The number of amides is 1. The van der Waals surface area contributed by atoms with Gasteiger partial charge in [-0.1, -0.05) is 49.4 Å². The number of carbonyl (C=O) groups is 2. The van der Waals surface area contributed by atoms with Crippen molar-refractivity contribution >= 4 is 11.9 Å². The average molecular weight is 355 g/mol. The summed E-state index contributed by atoms with van der Waals surface area (Å²) in [6.07, 6.45) is 1.11. The second-order valence-corrected chi connectivity index (χ2v) is 5.91. The first-order chi connectivity index (χ1) is 12.6. The second-order valence-electron chi connectivity index (χ2n) is 5.91. The minimum absolute atomic E-state index is 0.0700. The number of ether oxygens (including phenoxy) is 2. The number of carbonyl (C=O) groups excluding carboxylic acids is 2. The molecule has 0 heterocycles. The third-order valence-corrected chi connectivity index (χ3v) is 4.08. The van der Waals surface area contributed by atoms with Crippen molar-refractivity contribution in [3.8, 4) is 5.75 Å². The summed E-state index contributed by atoms with van der Waals surface area (Å²) < 4.78 is 10.3. The number of nitrogens with zero attached hydrogens (tertiary/aromatic N) is 1. The Morgan fingerprint density at radius 2 is 1.65 bits per heavy atom. The topological polar surface area (TPSA) is 55.8 Å². The molecular weight excluding hydrogens is 330 g/mol. The van der Waals surface area contributed by atoms with Crippen molar-refractivity contribution < 1.29 is 19.1 Å². The molecule has 0 atom stereocenters. The van der Waals surface area contributed by atoms with E-state index in [-0.39, 0.29) is 24.9 Å². The number of hydrogen-bond acceptors (Lipinski definition) is 4. The van der Waals surface area contributed by atoms with Crippen molar-refractivity contribution in [3.05, 3.63) is 65.7 Å². The molecule has 2 aromatic rings. The normalized spacial score (nSPS) is 10.2. The summed E-state index contributed by atoms with van der Waals surface area (Å²) in [6, 6.07) is 17.4. The van der Waals surface area contributed by atoms with Crippen LogP contribution in [0.25, 0.3) is 0 Å². The highest BCUT2D eigenvalue weighted by Gasteiger charge is 2.16. The Labute approximate surface area is 154 Å². The van der Waals surface area contributed by atoms with E-state index >= 15 is 0 Å². The maximum Gasteiger partial charge on any atom is 0.307 e. The van der Waals surface area contributed by atoms with Crippen molar-refractivity contribution in [2.24, 2.45) is 0 Å². The number of esters is 1. The molecule has 2 rings (SSSR count). The van der Waals surface area contributed by atoms with Crippen LogP contribution >= 0.6 is 0 Å². The fraction of sp³-hybridized carbons (Fsp3) is 0.333. The van der Waals surface area contributed by atoms with E-state index in [0.29, 0.717) is 18.8 Å². The summed E-state index contributed by atoms with van der Waals surface area (Å²) in [5, 5.41) is 0. The van der Waals surface area contributed by atoms with Crippen LogP contribution in [0.5, 0.6) is 5.75 Å². The van der Waals surface area contributed by atoms with E-state index in [2.05, 4.69) is 11.7 Å².